The van der Waals surface area contributed by atoms with E-state index in [1.54, 1.807) is 12.1 Å². The number of para-hydroxylation sites is 4. The largest absolute Gasteiger partial charge is 0.505 e. The summed E-state index contributed by atoms with van der Waals surface area (Å²) in [7, 11) is 0. The summed E-state index contributed by atoms with van der Waals surface area (Å²) < 4.78 is 47.9. The van der Waals surface area contributed by atoms with Crippen LogP contribution in [-0.4, -0.2) is 32.6 Å². The van der Waals surface area contributed by atoms with Crippen LogP contribution < -0.4 is 9.47 Å². The van der Waals surface area contributed by atoms with Crippen molar-refractivity contribution in [3.8, 4) is 56.6 Å². The van der Waals surface area contributed by atoms with Crippen molar-refractivity contribution in [1.82, 2.24) is 9.13 Å². The van der Waals surface area contributed by atoms with E-state index >= 15 is 8.78 Å². The van der Waals surface area contributed by atoms with E-state index in [0.717, 1.165) is 80.4 Å². The molecule has 0 radical (unpaired) electrons. The van der Waals surface area contributed by atoms with Gasteiger partial charge in [0.05, 0.1) is 46.7 Å². The number of benzene rings is 8. The molecular weight excluding hydrogens is 1030 g/mol. The fraction of sp³-hybridized carbons (Fsp3) is 0.167. The predicted molar refractivity (Wildman–Crippen MR) is 274 cm³/mol. The van der Waals surface area contributed by atoms with Crippen LogP contribution >= 0.6 is 0 Å². The molecule has 0 bridgehead atoms. The SMILES string of the molecule is Cc1cc(-c2cc(F)ccc2OCC2CCCC[C@@H]2COc2ccc(F)cc2-c2cc(C)cc(-n3c4ccccc4c4ccccc43)c2O)c(O)c(-n2c3ccccc3c3ccccc32)c1.[CH3-].[CH3-].[Hf]. The first-order valence-electron chi connectivity index (χ1n) is 22.7. The Hall–Kier alpha value is -6.71. The van der Waals surface area contributed by atoms with Crippen LogP contribution in [0, 0.1) is 52.2 Å². The van der Waals surface area contributed by atoms with Gasteiger partial charge < -0.3 is 43.7 Å². The number of rotatable bonds is 10. The Bertz CT molecular complexity index is 3170. The van der Waals surface area contributed by atoms with Gasteiger partial charge in [0.15, 0.2) is 0 Å². The molecule has 2 aromatic heterocycles. The predicted octanol–water partition coefficient (Wildman–Crippen LogP) is 15.7. The normalized spacial score (nSPS) is 14.6. The van der Waals surface area contributed by atoms with E-state index < -0.39 is 11.6 Å². The zero-order valence-electron chi connectivity index (χ0n) is 39.3. The molecule has 1 unspecified atom stereocenters. The molecule has 69 heavy (non-hydrogen) atoms. The van der Waals surface area contributed by atoms with Crippen LogP contribution in [0.1, 0.15) is 36.8 Å². The molecule has 0 saturated heterocycles. The monoisotopic (exact) mass is 1080 g/mol. The maximum atomic E-state index is 15.2. The number of aromatic nitrogens is 2. The summed E-state index contributed by atoms with van der Waals surface area (Å²) in [6.45, 7) is 4.67. The third kappa shape index (κ3) is 8.82. The Morgan fingerprint density at radius 3 is 1.14 bits per heavy atom. The van der Waals surface area contributed by atoms with Crippen LogP contribution in [0.5, 0.6) is 23.0 Å². The van der Waals surface area contributed by atoms with Gasteiger partial charge in [-0.1, -0.05) is 85.6 Å². The van der Waals surface area contributed by atoms with E-state index in [4.69, 9.17) is 9.47 Å². The van der Waals surface area contributed by atoms with Gasteiger partial charge in [0.2, 0.25) is 0 Å². The van der Waals surface area contributed by atoms with Crippen LogP contribution in [0.3, 0.4) is 0 Å². The van der Waals surface area contributed by atoms with E-state index in [9.17, 15) is 10.2 Å². The molecule has 1 saturated carbocycles. The Balaban J connectivity index is 0.00000214. The van der Waals surface area contributed by atoms with Gasteiger partial charge in [-0.25, -0.2) is 8.78 Å². The number of hydrogen-bond donors (Lipinski definition) is 2. The van der Waals surface area contributed by atoms with Crippen molar-refractivity contribution in [2.75, 3.05) is 13.2 Å². The average Bonchev–Trinajstić information content (AvgIpc) is 3.85. The summed E-state index contributed by atoms with van der Waals surface area (Å²) in [4.78, 5) is 0. The van der Waals surface area contributed by atoms with Crippen molar-refractivity contribution in [3.05, 3.63) is 195 Å². The van der Waals surface area contributed by atoms with Gasteiger partial charge in [-0.15, -0.1) is 0 Å². The molecule has 2 heterocycles. The molecule has 348 valence electrons. The summed E-state index contributed by atoms with van der Waals surface area (Å²) in [6, 6.07) is 49.2. The molecule has 9 heteroatoms. The second-order valence-corrected chi connectivity index (χ2v) is 17.8. The second kappa shape index (κ2) is 20.1. The summed E-state index contributed by atoms with van der Waals surface area (Å²) >= 11 is 0. The minimum Gasteiger partial charge on any atom is -0.505 e. The number of phenolic OH excluding ortho intramolecular Hbond substituents is 2. The number of halogens is 2. The quantitative estimate of drug-likeness (QED) is 0.106. The van der Waals surface area contributed by atoms with Gasteiger partial charge in [-0.3, -0.25) is 0 Å². The topological polar surface area (TPSA) is 68.8 Å². The maximum Gasteiger partial charge on any atom is 0.147 e. The molecule has 2 N–H and O–H groups in total. The summed E-state index contributed by atoms with van der Waals surface area (Å²) in [6.07, 6.45) is 3.89. The van der Waals surface area contributed by atoms with Gasteiger partial charge >= 0.3 is 0 Å². The molecule has 0 amide bonds. The molecular formula is C60H54F2HfN2O4-2. The fourth-order valence-corrected chi connectivity index (χ4v) is 10.4. The van der Waals surface area contributed by atoms with E-state index in [-0.39, 0.29) is 64.0 Å². The van der Waals surface area contributed by atoms with Crippen LogP contribution in [0.2, 0.25) is 0 Å². The molecule has 11 rings (SSSR count). The Kier molecular flexibility index (Phi) is 14.2. The standard InChI is InChI=1S/C58H48F2N2O4.2CH3.Hf/c1-35-27-47(57(63)53(29-35)61-49-19-9-5-15-41(49)42-16-6-10-20-50(42)61)45-31-39(59)23-25-55(45)65-33-37-13-3-4-14-38(37)34-66-56-26-24-40(60)32-46(56)48-28-36(2)30-54(58(48)64)62-51-21-11-7-17-43(51)44-18-8-12-22-52(44)62;;;/h5-12,15-32,37-38,63-64H,3-4,13-14,33-34H2,1-2H3;2*1H3;/q;2*-1;/t37-,38?;;;/m1.../s1. The Morgan fingerprint density at radius 1 is 0.464 bits per heavy atom. The van der Waals surface area contributed by atoms with Gasteiger partial charge in [0.25, 0.3) is 0 Å². The van der Waals surface area contributed by atoms with E-state index in [1.165, 1.54) is 24.3 Å². The minimum atomic E-state index is -0.433. The second-order valence-electron chi connectivity index (χ2n) is 17.8. The molecule has 0 spiro atoms. The molecule has 2 atom stereocenters. The smallest absolute Gasteiger partial charge is 0.147 e. The number of fused-ring (bicyclic) bond motifs is 6. The zero-order chi connectivity index (χ0) is 45.1. The van der Waals surface area contributed by atoms with Crippen LogP contribution in [0.25, 0.3) is 77.2 Å². The zero-order valence-corrected chi connectivity index (χ0v) is 42.9. The Labute approximate surface area is 421 Å². The molecule has 1 fully saturated rings. The van der Waals surface area contributed by atoms with Crippen LogP contribution in [0.4, 0.5) is 8.78 Å². The number of nitrogens with zero attached hydrogens (tertiary/aromatic N) is 2. The number of aryl methyl sites for hydroxylation is 2. The van der Waals surface area contributed by atoms with Gasteiger partial charge in [-0.2, -0.15) is 0 Å². The Morgan fingerprint density at radius 2 is 0.797 bits per heavy atom. The third-order valence-corrected chi connectivity index (χ3v) is 13.5. The summed E-state index contributed by atoms with van der Waals surface area (Å²) in [5.74, 6) is 0.362. The van der Waals surface area contributed by atoms with Gasteiger partial charge in [-0.05, 0) is 135 Å². The molecule has 8 aromatic carbocycles. The number of hydrogen-bond acceptors (Lipinski definition) is 4. The first-order valence-corrected chi connectivity index (χ1v) is 22.7. The number of phenols is 2. The molecule has 1 aliphatic rings. The maximum absolute atomic E-state index is 15.2. The number of aromatic hydroxyl groups is 2. The van der Waals surface area contributed by atoms with E-state index in [2.05, 4.69) is 33.4 Å². The first kappa shape index (κ1) is 48.7. The average molecular weight is 1080 g/mol. The van der Waals surface area contributed by atoms with E-state index in [1.807, 2.05) is 111 Å². The molecule has 6 nitrogen and oxygen atoms in total. The van der Waals surface area contributed by atoms with Crippen molar-refractivity contribution >= 4 is 43.6 Å². The number of ether oxygens (including phenoxy) is 2. The molecule has 1 aliphatic carbocycles. The first-order chi connectivity index (χ1) is 32.2. The van der Waals surface area contributed by atoms with Gasteiger partial charge in [0, 0.05) is 69.6 Å². The molecule has 0 aliphatic heterocycles. The minimum absolute atomic E-state index is 0. The third-order valence-electron chi connectivity index (χ3n) is 13.5. The van der Waals surface area contributed by atoms with Crippen LogP contribution in [0.15, 0.2) is 158 Å². The van der Waals surface area contributed by atoms with Crippen LogP contribution in [-0.2, 0) is 25.8 Å². The van der Waals surface area contributed by atoms with Crippen molar-refractivity contribution in [2.45, 2.75) is 39.5 Å². The fourth-order valence-electron chi connectivity index (χ4n) is 10.4. The van der Waals surface area contributed by atoms with Gasteiger partial charge in [0.1, 0.15) is 34.6 Å². The van der Waals surface area contributed by atoms with E-state index in [0.29, 0.717) is 58.3 Å². The molecule has 10 aromatic rings. The van der Waals surface area contributed by atoms with Crippen molar-refractivity contribution in [1.29, 1.82) is 0 Å². The van der Waals surface area contributed by atoms with Crippen molar-refractivity contribution < 1.29 is 54.3 Å². The van der Waals surface area contributed by atoms with Crippen molar-refractivity contribution in [2.24, 2.45) is 11.8 Å². The van der Waals surface area contributed by atoms with Crippen molar-refractivity contribution in [3.63, 3.8) is 0 Å². The summed E-state index contributed by atoms with van der Waals surface area (Å²) in [5, 5.41) is 28.6. The summed E-state index contributed by atoms with van der Waals surface area (Å²) in [5.41, 5.74) is 8.74.